The van der Waals surface area contributed by atoms with E-state index in [4.69, 9.17) is 4.74 Å². The van der Waals surface area contributed by atoms with E-state index in [9.17, 15) is 5.11 Å². The fraction of sp³-hybridized carbons (Fsp3) is 0.538. The van der Waals surface area contributed by atoms with Gasteiger partial charge in [0, 0.05) is 17.2 Å². The van der Waals surface area contributed by atoms with Crippen LogP contribution in [0.15, 0.2) is 17.0 Å². The first-order chi connectivity index (χ1) is 8.08. The number of benzene rings is 1. The highest BCUT2D eigenvalue weighted by Crippen LogP contribution is 2.32. The van der Waals surface area contributed by atoms with Crippen LogP contribution in [0, 0.1) is 13.8 Å². The molecule has 0 radical (unpaired) electrons. The Morgan fingerprint density at radius 3 is 2.59 bits per heavy atom. The standard InChI is InChI=1S/C13H21NO2S/c1-9-5-12(16-4)13(6-10(9)2)17-8-11(15)7-14-3/h5-6,11,14-15H,7-8H2,1-4H3. The molecule has 1 aromatic rings. The van der Waals surface area contributed by atoms with Crippen LogP contribution in [-0.2, 0) is 0 Å². The zero-order chi connectivity index (χ0) is 12.8. The van der Waals surface area contributed by atoms with Crippen LogP contribution in [0.1, 0.15) is 11.1 Å². The number of aliphatic hydroxyl groups excluding tert-OH is 1. The summed E-state index contributed by atoms with van der Waals surface area (Å²) in [6.45, 7) is 4.77. The van der Waals surface area contributed by atoms with E-state index in [2.05, 4.69) is 25.2 Å². The van der Waals surface area contributed by atoms with Crippen molar-refractivity contribution in [3.63, 3.8) is 0 Å². The molecule has 0 aliphatic carbocycles. The Hall–Kier alpha value is -0.710. The maximum absolute atomic E-state index is 9.67. The zero-order valence-electron chi connectivity index (χ0n) is 10.9. The van der Waals surface area contributed by atoms with Crippen molar-refractivity contribution in [2.75, 3.05) is 26.5 Å². The van der Waals surface area contributed by atoms with Crippen molar-refractivity contribution in [3.8, 4) is 5.75 Å². The lowest BCUT2D eigenvalue weighted by Crippen LogP contribution is -2.25. The van der Waals surface area contributed by atoms with Crippen molar-refractivity contribution < 1.29 is 9.84 Å². The Kier molecular flexibility index (Phi) is 5.82. The second-order valence-corrected chi connectivity index (χ2v) is 5.17. The topological polar surface area (TPSA) is 41.5 Å². The third-order valence-electron chi connectivity index (χ3n) is 2.65. The fourth-order valence-corrected chi connectivity index (χ4v) is 2.55. The van der Waals surface area contributed by atoms with Gasteiger partial charge in [0.15, 0.2) is 0 Å². The molecule has 0 saturated carbocycles. The summed E-state index contributed by atoms with van der Waals surface area (Å²) in [7, 11) is 3.52. The van der Waals surface area contributed by atoms with E-state index in [-0.39, 0.29) is 6.10 Å². The number of likely N-dealkylation sites (N-methyl/N-ethyl adjacent to an activating group) is 1. The molecule has 96 valence electrons. The first-order valence-corrected chi connectivity index (χ1v) is 6.67. The second-order valence-electron chi connectivity index (χ2n) is 4.11. The van der Waals surface area contributed by atoms with Crippen molar-refractivity contribution in [2.24, 2.45) is 0 Å². The van der Waals surface area contributed by atoms with Gasteiger partial charge in [-0.25, -0.2) is 0 Å². The summed E-state index contributed by atoms with van der Waals surface area (Å²) in [5.74, 6) is 1.55. The molecule has 4 heteroatoms. The Balaban J connectivity index is 2.72. The number of rotatable bonds is 6. The molecule has 0 heterocycles. The van der Waals surface area contributed by atoms with Crippen LogP contribution >= 0.6 is 11.8 Å². The van der Waals surface area contributed by atoms with E-state index in [0.29, 0.717) is 12.3 Å². The highest BCUT2D eigenvalue weighted by atomic mass is 32.2. The molecule has 0 saturated heterocycles. The molecule has 1 unspecified atom stereocenters. The second kappa shape index (κ2) is 6.89. The van der Waals surface area contributed by atoms with Crippen molar-refractivity contribution in [1.29, 1.82) is 0 Å². The summed E-state index contributed by atoms with van der Waals surface area (Å²) in [6, 6.07) is 4.16. The highest BCUT2D eigenvalue weighted by Gasteiger charge is 2.09. The van der Waals surface area contributed by atoms with Gasteiger partial charge in [0.1, 0.15) is 5.75 Å². The monoisotopic (exact) mass is 255 g/mol. The Labute approximate surface area is 108 Å². The van der Waals surface area contributed by atoms with Crippen molar-refractivity contribution in [3.05, 3.63) is 23.3 Å². The van der Waals surface area contributed by atoms with Gasteiger partial charge in [0.25, 0.3) is 0 Å². The molecule has 0 aromatic heterocycles. The SMILES string of the molecule is CNCC(O)CSc1cc(C)c(C)cc1OC. The van der Waals surface area contributed by atoms with Gasteiger partial charge in [0.05, 0.1) is 13.2 Å². The summed E-state index contributed by atoms with van der Waals surface area (Å²) >= 11 is 1.63. The minimum absolute atomic E-state index is 0.337. The van der Waals surface area contributed by atoms with E-state index < -0.39 is 0 Å². The predicted molar refractivity (Wildman–Crippen MR) is 73.1 cm³/mol. The van der Waals surface area contributed by atoms with Crippen LogP contribution in [-0.4, -0.2) is 37.7 Å². The van der Waals surface area contributed by atoms with Gasteiger partial charge in [-0.05, 0) is 44.2 Å². The number of aryl methyl sites for hydroxylation is 2. The quantitative estimate of drug-likeness (QED) is 0.763. The number of methoxy groups -OCH3 is 1. The van der Waals surface area contributed by atoms with Crippen LogP contribution < -0.4 is 10.1 Å². The Bertz CT molecular complexity index is 369. The van der Waals surface area contributed by atoms with Crippen LogP contribution in [0.5, 0.6) is 5.75 Å². The molecule has 17 heavy (non-hydrogen) atoms. The van der Waals surface area contributed by atoms with Crippen LogP contribution in [0.4, 0.5) is 0 Å². The smallest absolute Gasteiger partial charge is 0.132 e. The maximum atomic E-state index is 9.67. The lowest BCUT2D eigenvalue weighted by Gasteiger charge is -2.13. The predicted octanol–water partition coefficient (Wildman–Crippen LogP) is 1.98. The van der Waals surface area contributed by atoms with Gasteiger partial charge in [-0.3, -0.25) is 0 Å². The Morgan fingerprint density at radius 2 is 2.00 bits per heavy atom. The first-order valence-electron chi connectivity index (χ1n) is 5.69. The van der Waals surface area contributed by atoms with Crippen LogP contribution in [0.3, 0.4) is 0 Å². The largest absolute Gasteiger partial charge is 0.496 e. The van der Waals surface area contributed by atoms with Crippen LogP contribution in [0.25, 0.3) is 0 Å². The number of ether oxygens (including phenoxy) is 1. The molecule has 0 spiro atoms. The average molecular weight is 255 g/mol. The third-order valence-corrected chi connectivity index (χ3v) is 3.83. The van der Waals surface area contributed by atoms with Gasteiger partial charge in [-0.2, -0.15) is 0 Å². The summed E-state index contributed by atoms with van der Waals surface area (Å²) < 4.78 is 5.36. The summed E-state index contributed by atoms with van der Waals surface area (Å²) in [5.41, 5.74) is 2.47. The van der Waals surface area contributed by atoms with E-state index in [0.717, 1.165) is 10.6 Å². The molecule has 1 rings (SSSR count). The first kappa shape index (κ1) is 14.4. The molecule has 2 N–H and O–H groups in total. The van der Waals surface area contributed by atoms with E-state index in [1.165, 1.54) is 11.1 Å². The van der Waals surface area contributed by atoms with E-state index >= 15 is 0 Å². The number of nitrogens with one attached hydrogen (secondary N) is 1. The minimum atomic E-state index is -0.337. The minimum Gasteiger partial charge on any atom is -0.496 e. The average Bonchev–Trinajstić information content (AvgIpc) is 2.30. The van der Waals surface area contributed by atoms with Crippen LogP contribution in [0.2, 0.25) is 0 Å². The molecule has 0 aliphatic rings. The molecule has 0 amide bonds. The highest BCUT2D eigenvalue weighted by molar-refractivity contribution is 7.99. The third kappa shape index (κ3) is 4.22. The Morgan fingerprint density at radius 1 is 1.35 bits per heavy atom. The van der Waals surface area contributed by atoms with Gasteiger partial charge >= 0.3 is 0 Å². The van der Waals surface area contributed by atoms with E-state index in [1.54, 1.807) is 18.9 Å². The van der Waals surface area contributed by atoms with E-state index in [1.807, 2.05) is 13.1 Å². The van der Waals surface area contributed by atoms with Gasteiger partial charge in [0.2, 0.25) is 0 Å². The lowest BCUT2D eigenvalue weighted by molar-refractivity contribution is 0.199. The van der Waals surface area contributed by atoms with Crippen molar-refractivity contribution >= 4 is 11.8 Å². The zero-order valence-corrected chi connectivity index (χ0v) is 11.7. The molecule has 3 nitrogen and oxygen atoms in total. The molecule has 1 aromatic carbocycles. The number of thioether (sulfide) groups is 1. The number of aliphatic hydroxyl groups is 1. The van der Waals surface area contributed by atoms with Gasteiger partial charge in [-0.1, -0.05) is 0 Å². The van der Waals surface area contributed by atoms with Crippen molar-refractivity contribution in [2.45, 2.75) is 24.8 Å². The normalized spacial score (nSPS) is 12.5. The molecule has 0 bridgehead atoms. The summed E-state index contributed by atoms with van der Waals surface area (Å²) in [6.07, 6.45) is -0.337. The molecule has 1 atom stereocenters. The molecular formula is C13H21NO2S. The van der Waals surface area contributed by atoms with Gasteiger partial charge in [-0.15, -0.1) is 11.8 Å². The summed E-state index contributed by atoms with van der Waals surface area (Å²) in [5, 5.41) is 12.6. The molecule has 0 fully saturated rings. The molecule has 0 aliphatic heterocycles. The van der Waals surface area contributed by atoms with Crippen molar-refractivity contribution in [1.82, 2.24) is 5.32 Å². The fourth-order valence-electron chi connectivity index (χ4n) is 1.52. The lowest BCUT2D eigenvalue weighted by atomic mass is 10.1. The van der Waals surface area contributed by atoms with Gasteiger partial charge < -0.3 is 15.2 Å². The summed E-state index contributed by atoms with van der Waals surface area (Å²) in [4.78, 5) is 1.09. The maximum Gasteiger partial charge on any atom is 0.132 e. The number of hydrogen-bond donors (Lipinski definition) is 2. The number of hydrogen-bond acceptors (Lipinski definition) is 4. The molecular weight excluding hydrogens is 234 g/mol.